The molecule has 0 aliphatic rings. The zero-order chi connectivity index (χ0) is 11.6. The maximum absolute atomic E-state index is 5.32. The van der Waals surface area contributed by atoms with Crippen LogP contribution < -0.4 is 11.5 Å². The fourth-order valence-electron chi connectivity index (χ4n) is 1.04. The van der Waals surface area contributed by atoms with E-state index < -0.39 is 0 Å². The van der Waals surface area contributed by atoms with E-state index in [4.69, 9.17) is 11.5 Å². The van der Waals surface area contributed by atoms with Crippen LogP contribution in [0.3, 0.4) is 0 Å². The summed E-state index contributed by atoms with van der Waals surface area (Å²) in [5.74, 6) is 0. The fraction of sp³-hybridized carbons (Fsp3) is 0.167. The van der Waals surface area contributed by atoms with E-state index >= 15 is 0 Å². The van der Waals surface area contributed by atoms with Crippen LogP contribution >= 0.6 is 0 Å². The second-order valence-corrected chi connectivity index (χ2v) is 3.12. The second kappa shape index (κ2) is 7.50. The summed E-state index contributed by atoms with van der Waals surface area (Å²) in [6.07, 6.45) is 6.95. The molecule has 0 fully saturated rings. The minimum atomic E-state index is 0.600. The Bertz CT molecular complexity index is 335. The van der Waals surface area contributed by atoms with Gasteiger partial charge in [-0.2, -0.15) is 0 Å². The van der Waals surface area contributed by atoms with Crippen molar-refractivity contribution in [2.45, 2.75) is 13.1 Å². The summed E-state index contributed by atoms with van der Waals surface area (Å²) < 4.78 is 0. The van der Waals surface area contributed by atoms with Crippen LogP contribution in [0.15, 0.2) is 49.1 Å². The molecular weight excluding hydrogens is 200 g/mol. The van der Waals surface area contributed by atoms with Crippen LogP contribution in [0.25, 0.3) is 0 Å². The quantitative estimate of drug-likeness (QED) is 0.787. The van der Waals surface area contributed by atoms with Gasteiger partial charge in [-0.3, -0.25) is 9.97 Å². The van der Waals surface area contributed by atoms with Gasteiger partial charge in [-0.1, -0.05) is 0 Å². The molecule has 0 amide bonds. The number of nitrogens with zero attached hydrogens (tertiary/aromatic N) is 2. The maximum Gasteiger partial charge on any atom is 0.0271 e. The summed E-state index contributed by atoms with van der Waals surface area (Å²) >= 11 is 0. The lowest BCUT2D eigenvalue weighted by Crippen LogP contribution is -1.94. The van der Waals surface area contributed by atoms with E-state index in [9.17, 15) is 0 Å². The Morgan fingerprint density at radius 3 is 1.19 bits per heavy atom. The molecule has 2 rings (SSSR count). The molecule has 0 aliphatic heterocycles. The Morgan fingerprint density at radius 2 is 1.00 bits per heavy atom. The number of aromatic nitrogens is 2. The number of pyridine rings is 2. The van der Waals surface area contributed by atoms with Crippen molar-refractivity contribution in [1.82, 2.24) is 9.97 Å². The molecule has 0 bridgehead atoms. The molecule has 0 radical (unpaired) electrons. The molecule has 0 saturated carbocycles. The Hall–Kier alpha value is -1.78. The van der Waals surface area contributed by atoms with Gasteiger partial charge in [-0.05, 0) is 35.4 Å². The van der Waals surface area contributed by atoms with Crippen LogP contribution in [0.5, 0.6) is 0 Å². The molecule has 0 aliphatic carbocycles. The first-order valence-corrected chi connectivity index (χ1v) is 5.04. The molecule has 0 saturated heterocycles. The summed E-state index contributed by atoms with van der Waals surface area (Å²) in [4.78, 5) is 7.68. The van der Waals surface area contributed by atoms with E-state index in [0.717, 1.165) is 11.1 Å². The average molecular weight is 216 g/mol. The number of rotatable bonds is 2. The van der Waals surface area contributed by atoms with E-state index in [2.05, 4.69) is 9.97 Å². The SMILES string of the molecule is NCc1ccncc1.NCc1ccncc1. The molecule has 4 nitrogen and oxygen atoms in total. The summed E-state index contributed by atoms with van der Waals surface area (Å²) in [7, 11) is 0. The van der Waals surface area contributed by atoms with Crippen LogP contribution in [-0.2, 0) is 13.1 Å². The summed E-state index contributed by atoms with van der Waals surface area (Å²) in [5.41, 5.74) is 12.9. The van der Waals surface area contributed by atoms with Crippen LogP contribution in [0.2, 0.25) is 0 Å². The largest absolute Gasteiger partial charge is 0.326 e. The standard InChI is InChI=1S/2C6H8N2/c2*7-5-6-1-3-8-4-2-6/h2*1-4H,5,7H2. The van der Waals surface area contributed by atoms with E-state index in [1.165, 1.54) is 0 Å². The second-order valence-electron chi connectivity index (χ2n) is 3.12. The first-order valence-electron chi connectivity index (χ1n) is 5.04. The van der Waals surface area contributed by atoms with Crippen molar-refractivity contribution in [1.29, 1.82) is 0 Å². The molecule has 0 unspecified atom stereocenters. The molecular formula is C12H16N4. The zero-order valence-corrected chi connectivity index (χ0v) is 9.08. The van der Waals surface area contributed by atoms with E-state index in [1.54, 1.807) is 24.8 Å². The molecule has 4 N–H and O–H groups in total. The Morgan fingerprint density at radius 1 is 0.688 bits per heavy atom. The van der Waals surface area contributed by atoms with Gasteiger partial charge >= 0.3 is 0 Å². The average Bonchev–Trinajstić information content (AvgIpc) is 2.41. The lowest BCUT2D eigenvalue weighted by Gasteiger charge is -1.89. The summed E-state index contributed by atoms with van der Waals surface area (Å²) in [5, 5.41) is 0. The van der Waals surface area contributed by atoms with Crippen LogP contribution in [0.1, 0.15) is 11.1 Å². The lowest BCUT2D eigenvalue weighted by atomic mass is 10.3. The third kappa shape index (κ3) is 4.63. The fourth-order valence-corrected chi connectivity index (χ4v) is 1.04. The minimum absolute atomic E-state index is 0.600. The van der Waals surface area contributed by atoms with Gasteiger partial charge in [0.25, 0.3) is 0 Å². The van der Waals surface area contributed by atoms with E-state index in [1.807, 2.05) is 24.3 Å². The van der Waals surface area contributed by atoms with Crippen molar-refractivity contribution in [2.75, 3.05) is 0 Å². The smallest absolute Gasteiger partial charge is 0.0271 e. The molecule has 0 spiro atoms. The predicted octanol–water partition coefficient (Wildman–Crippen LogP) is 1.08. The summed E-state index contributed by atoms with van der Waals surface area (Å²) in [6, 6.07) is 7.61. The van der Waals surface area contributed by atoms with E-state index in [0.29, 0.717) is 13.1 Å². The van der Waals surface area contributed by atoms with Crippen molar-refractivity contribution < 1.29 is 0 Å². The van der Waals surface area contributed by atoms with Crippen LogP contribution in [-0.4, -0.2) is 9.97 Å². The maximum atomic E-state index is 5.32. The van der Waals surface area contributed by atoms with Gasteiger partial charge in [0.15, 0.2) is 0 Å². The Labute approximate surface area is 95.3 Å². The van der Waals surface area contributed by atoms with Gasteiger partial charge in [0.1, 0.15) is 0 Å². The Kier molecular flexibility index (Phi) is 5.76. The number of hydrogen-bond donors (Lipinski definition) is 2. The third-order valence-electron chi connectivity index (χ3n) is 1.97. The van der Waals surface area contributed by atoms with Crippen LogP contribution in [0.4, 0.5) is 0 Å². The van der Waals surface area contributed by atoms with Gasteiger partial charge < -0.3 is 11.5 Å². The highest BCUT2D eigenvalue weighted by atomic mass is 14.6. The molecule has 0 atom stereocenters. The van der Waals surface area contributed by atoms with Gasteiger partial charge in [-0.15, -0.1) is 0 Å². The third-order valence-corrected chi connectivity index (χ3v) is 1.97. The monoisotopic (exact) mass is 216 g/mol. The van der Waals surface area contributed by atoms with Gasteiger partial charge in [0.05, 0.1) is 0 Å². The van der Waals surface area contributed by atoms with Gasteiger partial charge in [0, 0.05) is 37.9 Å². The van der Waals surface area contributed by atoms with Crippen molar-refractivity contribution in [3.05, 3.63) is 60.2 Å². The highest BCUT2D eigenvalue weighted by Crippen LogP contribution is 1.91. The molecule has 4 heteroatoms. The predicted molar refractivity (Wildman–Crippen MR) is 64.3 cm³/mol. The topological polar surface area (TPSA) is 77.8 Å². The summed E-state index contributed by atoms with van der Waals surface area (Å²) in [6.45, 7) is 1.20. The van der Waals surface area contributed by atoms with Crippen LogP contribution in [0, 0.1) is 0 Å². The normalized spacial score (nSPS) is 9.12. The molecule has 2 aromatic rings. The first-order chi connectivity index (χ1) is 7.86. The zero-order valence-electron chi connectivity index (χ0n) is 9.08. The minimum Gasteiger partial charge on any atom is -0.326 e. The van der Waals surface area contributed by atoms with Gasteiger partial charge in [-0.25, -0.2) is 0 Å². The highest BCUT2D eigenvalue weighted by molar-refractivity contribution is 5.08. The molecule has 84 valence electrons. The first kappa shape index (κ1) is 12.3. The molecule has 2 heterocycles. The number of hydrogen-bond acceptors (Lipinski definition) is 4. The lowest BCUT2D eigenvalue weighted by molar-refractivity contribution is 1.06. The van der Waals surface area contributed by atoms with E-state index in [-0.39, 0.29) is 0 Å². The molecule has 0 aromatic carbocycles. The molecule has 2 aromatic heterocycles. The van der Waals surface area contributed by atoms with Crippen molar-refractivity contribution in [3.8, 4) is 0 Å². The van der Waals surface area contributed by atoms with Gasteiger partial charge in [0.2, 0.25) is 0 Å². The molecule has 16 heavy (non-hydrogen) atoms. The Balaban J connectivity index is 0.000000160. The van der Waals surface area contributed by atoms with Crippen molar-refractivity contribution in [3.63, 3.8) is 0 Å². The van der Waals surface area contributed by atoms with Crippen molar-refractivity contribution >= 4 is 0 Å². The number of nitrogens with two attached hydrogens (primary N) is 2. The highest BCUT2D eigenvalue weighted by Gasteiger charge is 1.81. The van der Waals surface area contributed by atoms with Crippen molar-refractivity contribution in [2.24, 2.45) is 11.5 Å².